The van der Waals surface area contributed by atoms with Crippen LogP contribution in [-0.4, -0.2) is 34.1 Å². The second kappa shape index (κ2) is 6.24. The molecule has 0 bridgehead atoms. The lowest BCUT2D eigenvalue weighted by molar-refractivity contribution is 0.222. The molecule has 1 aromatic rings. The lowest BCUT2D eigenvalue weighted by atomic mass is 10.1. The molecule has 6 heteroatoms. The largest absolute Gasteiger partial charge is 0.461 e. The van der Waals surface area contributed by atoms with Crippen molar-refractivity contribution >= 4 is 11.9 Å². The van der Waals surface area contributed by atoms with Crippen LogP contribution in [0.3, 0.4) is 0 Å². The summed E-state index contributed by atoms with van der Waals surface area (Å²) in [5, 5.41) is 6.47. The van der Waals surface area contributed by atoms with Gasteiger partial charge in [0.2, 0.25) is 11.9 Å². The summed E-state index contributed by atoms with van der Waals surface area (Å²) in [4.78, 5) is 13.0. The Morgan fingerprint density at radius 3 is 2.35 bits per heavy atom. The van der Waals surface area contributed by atoms with E-state index in [1.807, 2.05) is 13.8 Å². The van der Waals surface area contributed by atoms with Crippen LogP contribution in [-0.2, 0) is 0 Å². The van der Waals surface area contributed by atoms with Gasteiger partial charge in [-0.1, -0.05) is 13.8 Å². The molecule has 1 aromatic heterocycles. The van der Waals surface area contributed by atoms with E-state index in [1.165, 1.54) is 12.8 Å². The van der Waals surface area contributed by atoms with Crippen LogP contribution < -0.4 is 15.4 Å². The number of rotatable bonds is 8. The van der Waals surface area contributed by atoms with E-state index in [9.17, 15) is 0 Å². The zero-order valence-electron chi connectivity index (χ0n) is 12.9. The molecule has 0 aliphatic heterocycles. The van der Waals surface area contributed by atoms with Gasteiger partial charge in [-0.25, -0.2) is 0 Å². The lowest BCUT2D eigenvalue weighted by Crippen LogP contribution is -2.17. The first kappa shape index (κ1) is 14.8. The maximum absolute atomic E-state index is 5.58. The number of hydrogen-bond donors (Lipinski definition) is 2. The lowest BCUT2D eigenvalue weighted by Gasteiger charge is -2.13. The summed E-state index contributed by atoms with van der Waals surface area (Å²) in [5.74, 6) is 1.16. The van der Waals surface area contributed by atoms with Crippen molar-refractivity contribution in [3.63, 3.8) is 0 Å². The Bertz CT molecular complexity index is 445. The van der Waals surface area contributed by atoms with Gasteiger partial charge >= 0.3 is 6.01 Å². The van der Waals surface area contributed by atoms with E-state index >= 15 is 0 Å². The molecular weight excluding hydrogens is 254 g/mol. The molecule has 0 saturated heterocycles. The minimum atomic E-state index is 0.0465. The van der Waals surface area contributed by atoms with Gasteiger partial charge in [-0.05, 0) is 38.5 Å². The molecule has 1 fully saturated rings. The molecule has 2 rings (SSSR count). The summed E-state index contributed by atoms with van der Waals surface area (Å²) in [7, 11) is 0. The van der Waals surface area contributed by atoms with Gasteiger partial charge < -0.3 is 15.4 Å². The molecule has 6 nitrogen and oxygen atoms in total. The number of ether oxygens (including phenoxy) is 1. The average molecular weight is 279 g/mol. The molecule has 2 N–H and O–H groups in total. The molecule has 0 amide bonds. The van der Waals surface area contributed by atoms with E-state index in [-0.39, 0.29) is 6.10 Å². The first-order chi connectivity index (χ1) is 9.50. The predicted molar refractivity (Wildman–Crippen MR) is 80.2 cm³/mol. The van der Waals surface area contributed by atoms with Crippen molar-refractivity contribution in [1.29, 1.82) is 0 Å². The number of hydrogen-bond acceptors (Lipinski definition) is 6. The SMILES string of the molecule is CCCNc1nc(NCC2(C)CC2)nc(OC(C)C)n1. The predicted octanol–water partition coefficient (Wildman–Crippen LogP) is 2.69. The molecule has 0 aromatic carbocycles. The fourth-order valence-electron chi connectivity index (χ4n) is 1.70. The first-order valence-corrected chi connectivity index (χ1v) is 7.41. The topological polar surface area (TPSA) is 72.0 Å². The van der Waals surface area contributed by atoms with E-state index in [4.69, 9.17) is 4.74 Å². The van der Waals surface area contributed by atoms with E-state index in [1.54, 1.807) is 0 Å². The molecule has 0 unspecified atom stereocenters. The van der Waals surface area contributed by atoms with Crippen molar-refractivity contribution in [2.75, 3.05) is 23.7 Å². The Hall–Kier alpha value is -1.59. The highest BCUT2D eigenvalue weighted by atomic mass is 16.5. The average Bonchev–Trinajstić information content (AvgIpc) is 3.12. The number of nitrogens with one attached hydrogen (secondary N) is 2. The van der Waals surface area contributed by atoms with E-state index in [0.29, 0.717) is 23.3 Å². The first-order valence-electron chi connectivity index (χ1n) is 7.41. The molecule has 20 heavy (non-hydrogen) atoms. The third kappa shape index (κ3) is 4.51. The number of nitrogens with zero attached hydrogens (tertiary/aromatic N) is 3. The van der Waals surface area contributed by atoms with Crippen molar-refractivity contribution in [1.82, 2.24) is 15.0 Å². The van der Waals surface area contributed by atoms with Gasteiger partial charge in [0.1, 0.15) is 0 Å². The quantitative estimate of drug-likeness (QED) is 0.762. The van der Waals surface area contributed by atoms with Crippen LogP contribution in [0.1, 0.15) is 47.0 Å². The van der Waals surface area contributed by atoms with Gasteiger partial charge in [0, 0.05) is 13.1 Å². The molecule has 1 aliphatic carbocycles. The van der Waals surface area contributed by atoms with Crippen LogP contribution in [0, 0.1) is 5.41 Å². The summed E-state index contributed by atoms with van der Waals surface area (Å²) in [6.45, 7) is 10.0. The van der Waals surface area contributed by atoms with Crippen LogP contribution in [0.4, 0.5) is 11.9 Å². The third-order valence-corrected chi connectivity index (χ3v) is 3.27. The fraction of sp³-hybridized carbons (Fsp3) is 0.786. The minimum Gasteiger partial charge on any atom is -0.461 e. The van der Waals surface area contributed by atoms with Crippen molar-refractivity contribution in [3.8, 4) is 6.01 Å². The zero-order chi connectivity index (χ0) is 14.6. The van der Waals surface area contributed by atoms with Crippen molar-refractivity contribution in [3.05, 3.63) is 0 Å². The van der Waals surface area contributed by atoms with Crippen LogP contribution in [0.2, 0.25) is 0 Å². The van der Waals surface area contributed by atoms with Gasteiger partial charge in [0.05, 0.1) is 6.10 Å². The summed E-state index contributed by atoms with van der Waals surface area (Å²) in [6.07, 6.45) is 3.60. The summed E-state index contributed by atoms with van der Waals surface area (Å²) >= 11 is 0. The second-order valence-corrected chi connectivity index (χ2v) is 6.02. The van der Waals surface area contributed by atoms with Gasteiger partial charge in [0.25, 0.3) is 0 Å². The Balaban J connectivity index is 2.06. The highest BCUT2D eigenvalue weighted by molar-refractivity contribution is 5.36. The van der Waals surface area contributed by atoms with E-state index < -0.39 is 0 Å². The summed E-state index contributed by atoms with van der Waals surface area (Å²) < 4.78 is 5.58. The molecular formula is C14H25N5O. The van der Waals surface area contributed by atoms with Gasteiger partial charge in [-0.15, -0.1) is 0 Å². The minimum absolute atomic E-state index is 0.0465. The smallest absolute Gasteiger partial charge is 0.323 e. The monoisotopic (exact) mass is 279 g/mol. The van der Waals surface area contributed by atoms with Gasteiger partial charge in [0.15, 0.2) is 0 Å². The molecule has 0 spiro atoms. The van der Waals surface area contributed by atoms with E-state index in [2.05, 4.69) is 39.4 Å². The second-order valence-electron chi connectivity index (χ2n) is 6.02. The summed E-state index contributed by atoms with van der Waals surface area (Å²) in [5.41, 5.74) is 0.405. The zero-order valence-corrected chi connectivity index (χ0v) is 12.9. The van der Waals surface area contributed by atoms with Crippen LogP contribution in [0.15, 0.2) is 0 Å². The Labute approximate surface area is 120 Å². The fourth-order valence-corrected chi connectivity index (χ4v) is 1.70. The van der Waals surface area contributed by atoms with Crippen LogP contribution >= 0.6 is 0 Å². The van der Waals surface area contributed by atoms with Crippen molar-refractivity contribution in [2.45, 2.75) is 53.1 Å². The number of aromatic nitrogens is 3. The molecule has 1 saturated carbocycles. The van der Waals surface area contributed by atoms with Crippen LogP contribution in [0.25, 0.3) is 0 Å². The van der Waals surface area contributed by atoms with Crippen LogP contribution in [0.5, 0.6) is 6.01 Å². The van der Waals surface area contributed by atoms with Crippen molar-refractivity contribution in [2.24, 2.45) is 5.41 Å². The highest BCUT2D eigenvalue weighted by Crippen LogP contribution is 2.44. The Kier molecular flexibility index (Phi) is 4.62. The maximum atomic E-state index is 5.58. The normalized spacial score (nSPS) is 16.1. The Morgan fingerprint density at radius 2 is 1.80 bits per heavy atom. The summed E-state index contributed by atoms with van der Waals surface area (Å²) in [6, 6.07) is 0.372. The highest BCUT2D eigenvalue weighted by Gasteiger charge is 2.37. The standard InChI is InChI=1S/C14H25N5O/c1-5-8-15-11-17-12(16-9-14(4)6-7-14)19-13(18-11)20-10(2)3/h10H,5-9H2,1-4H3,(H2,15,16,17,18,19). The molecule has 0 atom stereocenters. The number of anilines is 2. The maximum Gasteiger partial charge on any atom is 0.323 e. The van der Waals surface area contributed by atoms with Gasteiger partial charge in [-0.3, -0.25) is 0 Å². The van der Waals surface area contributed by atoms with Gasteiger partial charge in [-0.2, -0.15) is 15.0 Å². The molecule has 0 radical (unpaired) electrons. The van der Waals surface area contributed by atoms with E-state index in [0.717, 1.165) is 19.5 Å². The molecule has 112 valence electrons. The molecule has 1 aliphatic rings. The van der Waals surface area contributed by atoms with Crippen molar-refractivity contribution < 1.29 is 4.74 Å². The third-order valence-electron chi connectivity index (χ3n) is 3.27. The molecule has 1 heterocycles. The Morgan fingerprint density at radius 1 is 1.15 bits per heavy atom.